The number of nitrogens with one attached hydrogen (secondary N) is 3. The molecule has 3 N–H and O–H groups in total. The SMILES string of the molecule is CCC(NC(=O)Cc1ccccc1NS(C)(=O)=O)c1ncc(-c2ccccc2)[nH]1. The molecule has 3 rings (SSSR count). The summed E-state index contributed by atoms with van der Waals surface area (Å²) in [5.41, 5.74) is 2.92. The lowest BCUT2D eigenvalue weighted by Gasteiger charge is -2.16. The highest BCUT2D eigenvalue weighted by Crippen LogP contribution is 2.21. The maximum Gasteiger partial charge on any atom is 0.229 e. The van der Waals surface area contributed by atoms with Crippen LogP contribution in [0.15, 0.2) is 60.8 Å². The molecule has 7 nitrogen and oxygen atoms in total. The Hall–Kier alpha value is -3.13. The van der Waals surface area contributed by atoms with Crippen LogP contribution in [0.25, 0.3) is 11.3 Å². The largest absolute Gasteiger partial charge is 0.346 e. The predicted octanol–water partition coefficient (Wildman–Crippen LogP) is 3.26. The molecule has 1 heterocycles. The number of carbonyl (C=O) groups is 1. The van der Waals surface area contributed by atoms with Crippen LogP contribution in [0, 0.1) is 0 Å². The number of benzene rings is 2. The molecule has 8 heteroatoms. The van der Waals surface area contributed by atoms with E-state index < -0.39 is 10.0 Å². The van der Waals surface area contributed by atoms with Gasteiger partial charge in [-0.25, -0.2) is 13.4 Å². The van der Waals surface area contributed by atoms with Crippen LogP contribution in [0.4, 0.5) is 5.69 Å². The number of H-pyrrole nitrogens is 1. The standard InChI is InChI=1S/C21H24N4O3S/c1-3-17(21-22-14-19(24-21)15-9-5-4-6-10-15)23-20(26)13-16-11-7-8-12-18(16)25-29(2,27)28/h4-12,14,17,25H,3,13H2,1-2H3,(H,22,24)(H,23,26). The molecule has 0 saturated heterocycles. The first-order valence-corrected chi connectivity index (χ1v) is 11.2. The quantitative estimate of drug-likeness (QED) is 0.528. The second-order valence-corrected chi connectivity index (χ2v) is 8.53. The normalized spacial score (nSPS) is 12.3. The third-order valence-electron chi connectivity index (χ3n) is 4.42. The molecule has 0 aliphatic carbocycles. The topological polar surface area (TPSA) is 104 Å². The van der Waals surface area contributed by atoms with Crippen molar-refractivity contribution in [1.29, 1.82) is 0 Å². The molecule has 1 amide bonds. The summed E-state index contributed by atoms with van der Waals surface area (Å²) in [5.74, 6) is 0.472. The van der Waals surface area contributed by atoms with Gasteiger partial charge in [-0.1, -0.05) is 55.5 Å². The molecule has 0 saturated carbocycles. The number of anilines is 1. The lowest BCUT2D eigenvalue weighted by atomic mass is 10.1. The van der Waals surface area contributed by atoms with Crippen LogP contribution < -0.4 is 10.0 Å². The van der Waals surface area contributed by atoms with Gasteiger partial charge in [0.05, 0.1) is 36.3 Å². The van der Waals surface area contributed by atoms with Gasteiger partial charge in [0.15, 0.2) is 0 Å². The minimum Gasteiger partial charge on any atom is -0.346 e. The van der Waals surface area contributed by atoms with E-state index in [2.05, 4.69) is 20.0 Å². The molecule has 1 atom stereocenters. The summed E-state index contributed by atoms with van der Waals surface area (Å²) < 4.78 is 25.5. The zero-order chi connectivity index (χ0) is 20.9. The smallest absolute Gasteiger partial charge is 0.229 e. The van der Waals surface area contributed by atoms with E-state index in [1.807, 2.05) is 37.3 Å². The molecular formula is C21H24N4O3S. The highest BCUT2D eigenvalue weighted by atomic mass is 32.2. The zero-order valence-electron chi connectivity index (χ0n) is 16.3. The molecule has 3 aromatic rings. The van der Waals surface area contributed by atoms with Gasteiger partial charge in [0.2, 0.25) is 15.9 Å². The second-order valence-electron chi connectivity index (χ2n) is 6.78. The number of aromatic nitrogens is 2. The van der Waals surface area contributed by atoms with Crippen LogP contribution in [-0.4, -0.2) is 30.5 Å². The first kappa shape index (κ1) is 20.6. The van der Waals surface area contributed by atoms with Crippen molar-refractivity contribution < 1.29 is 13.2 Å². The Kier molecular flexibility index (Phi) is 6.33. The Morgan fingerprint density at radius 2 is 1.79 bits per heavy atom. The number of hydrogen-bond acceptors (Lipinski definition) is 4. The van der Waals surface area contributed by atoms with Crippen LogP contribution in [0.5, 0.6) is 0 Å². The van der Waals surface area contributed by atoms with Crippen LogP contribution >= 0.6 is 0 Å². The average molecular weight is 413 g/mol. The van der Waals surface area contributed by atoms with Gasteiger partial charge in [-0.2, -0.15) is 0 Å². The van der Waals surface area contributed by atoms with Gasteiger partial charge >= 0.3 is 0 Å². The third-order valence-corrected chi connectivity index (χ3v) is 5.01. The third kappa shape index (κ3) is 5.68. The summed E-state index contributed by atoms with van der Waals surface area (Å²) in [4.78, 5) is 20.3. The van der Waals surface area contributed by atoms with Gasteiger partial charge in [0.25, 0.3) is 0 Å². The summed E-state index contributed by atoms with van der Waals surface area (Å²) in [6, 6.07) is 16.4. The molecule has 1 aromatic heterocycles. The molecule has 2 aromatic carbocycles. The van der Waals surface area contributed by atoms with Crippen LogP contribution in [-0.2, 0) is 21.2 Å². The van der Waals surface area contributed by atoms with Crippen LogP contribution in [0.3, 0.4) is 0 Å². The number of imidazole rings is 1. The minimum atomic E-state index is -3.43. The number of para-hydroxylation sites is 1. The second kappa shape index (κ2) is 8.91. The van der Waals surface area contributed by atoms with Crippen molar-refractivity contribution in [3.63, 3.8) is 0 Å². The number of rotatable bonds is 8. The Balaban J connectivity index is 1.71. The van der Waals surface area contributed by atoms with E-state index in [0.717, 1.165) is 17.5 Å². The fourth-order valence-corrected chi connectivity index (χ4v) is 3.63. The van der Waals surface area contributed by atoms with Gasteiger partial charge in [-0.15, -0.1) is 0 Å². The number of aromatic amines is 1. The molecule has 0 fully saturated rings. The Morgan fingerprint density at radius 3 is 2.48 bits per heavy atom. The van der Waals surface area contributed by atoms with Gasteiger partial charge in [0, 0.05) is 0 Å². The van der Waals surface area contributed by atoms with Gasteiger partial charge in [-0.05, 0) is 23.6 Å². The number of amides is 1. The number of carbonyl (C=O) groups excluding carboxylic acids is 1. The molecule has 0 spiro atoms. The molecule has 0 radical (unpaired) electrons. The first-order valence-electron chi connectivity index (χ1n) is 9.31. The fraction of sp³-hybridized carbons (Fsp3) is 0.238. The lowest BCUT2D eigenvalue weighted by Crippen LogP contribution is -2.30. The molecule has 0 aliphatic heterocycles. The predicted molar refractivity (Wildman–Crippen MR) is 114 cm³/mol. The monoisotopic (exact) mass is 412 g/mol. The number of sulfonamides is 1. The molecule has 0 bridgehead atoms. The Morgan fingerprint density at radius 1 is 1.10 bits per heavy atom. The maximum atomic E-state index is 12.6. The van der Waals surface area contributed by atoms with E-state index in [4.69, 9.17) is 0 Å². The Labute approximate surface area is 170 Å². The summed E-state index contributed by atoms with van der Waals surface area (Å²) in [5, 5.41) is 2.98. The van der Waals surface area contributed by atoms with E-state index in [9.17, 15) is 13.2 Å². The summed E-state index contributed by atoms with van der Waals surface area (Å²) in [6.07, 6.45) is 3.56. The highest BCUT2D eigenvalue weighted by molar-refractivity contribution is 7.92. The number of hydrogen-bond donors (Lipinski definition) is 3. The van der Waals surface area contributed by atoms with E-state index in [1.54, 1.807) is 30.5 Å². The Bertz CT molecular complexity index is 1080. The average Bonchev–Trinajstić information content (AvgIpc) is 3.17. The molecule has 1 unspecified atom stereocenters. The van der Waals surface area contributed by atoms with Crippen LogP contribution in [0.2, 0.25) is 0 Å². The van der Waals surface area contributed by atoms with Gasteiger partial charge in [0.1, 0.15) is 5.82 Å². The summed E-state index contributed by atoms with van der Waals surface area (Å²) in [6.45, 7) is 1.97. The molecular weight excluding hydrogens is 388 g/mol. The summed E-state index contributed by atoms with van der Waals surface area (Å²) in [7, 11) is -3.43. The van der Waals surface area contributed by atoms with E-state index in [1.165, 1.54) is 0 Å². The molecule has 152 valence electrons. The first-order chi connectivity index (χ1) is 13.9. The summed E-state index contributed by atoms with van der Waals surface area (Å²) >= 11 is 0. The molecule has 0 aliphatic rings. The van der Waals surface area contributed by atoms with E-state index in [-0.39, 0.29) is 18.4 Å². The molecule has 29 heavy (non-hydrogen) atoms. The lowest BCUT2D eigenvalue weighted by molar-refractivity contribution is -0.121. The zero-order valence-corrected chi connectivity index (χ0v) is 17.2. The van der Waals surface area contributed by atoms with Gasteiger partial charge in [-0.3, -0.25) is 9.52 Å². The van der Waals surface area contributed by atoms with Crippen molar-refractivity contribution in [2.45, 2.75) is 25.8 Å². The van der Waals surface area contributed by atoms with Crippen molar-refractivity contribution in [3.05, 3.63) is 72.2 Å². The van der Waals surface area contributed by atoms with E-state index >= 15 is 0 Å². The number of nitrogens with zero attached hydrogens (tertiary/aromatic N) is 1. The van der Waals surface area contributed by atoms with Crippen molar-refractivity contribution in [3.8, 4) is 11.3 Å². The van der Waals surface area contributed by atoms with Gasteiger partial charge < -0.3 is 10.3 Å². The van der Waals surface area contributed by atoms with Crippen LogP contribution in [0.1, 0.15) is 30.8 Å². The van der Waals surface area contributed by atoms with E-state index in [0.29, 0.717) is 23.5 Å². The maximum absolute atomic E-state index is 12.6. The minimum absolute atomic E-state index is 0.0570. The van der Waals surface area contributed by atoms with Crippen molar-refractivity contribution >= 4 is 21.6 Å². The van der Waals surface area contributed by atoms with Crippen molar-refractivity contribution in [1.82, 2.24) is 15.3 Å². The van der Waals surface area contributed by atoms with Crippen molar-refractivity contribution in [2.75, 3.05) is 11.0 Å². The highest BCUT2D eigenvalue weighted by Gasteiger charge is 2.18. The van der Waals surface area contributed by atoms with Crippen molar-refractivity contribution in [2.24, 2.45) is 0 Å². The fourth-order valence-electron chi connectivity index (χ4n) is 3.03.